The predicted octanol–water partition coefficient (Wildman–Crippen LogP) is -1.22. The van der Waals surface area contributed by atoms with Gasteiger partial charge >= 0.3 is 6.03 Å². The Morgan fingerprint density at radius 1 is 1.11 bits per heavy atom. The van der Waals surface area contributed by atoms with Crippen molar-refractivity contribution >= 4 is 24.1 Å². The van der Waals surface area contributed by atoms with E-state index in [0.29, 0.717) is 0 Å². The van der Waals surface area contributed by atoms with E-state index in [1.807, 2.05) is 0 Å². The van der Waals surface area contributed by atoms with Crippen LogP contribution in [0.3, 0.4) is 0 Å². The second-order valence-electron chi connectivity index (χ2n) is 3.66. The highest BCUT2D eigenvalue weighted by Crippen LogP contribution is 2.13. The quantitative estimate of drug-likeness (QED) is 0.483. The first-order valence-electron chi connectivity index (χ1n) is 5.00. The Morgan fingerprint density at radius 2 is 1.61 bits per heavy atom. The number of urea groups is 1. The zero-order valence-corrected chi connectivity index (χ0v) is 9.72. The summed E-state index contributed by atoms with van der Waals surface area (Å²) in [6.07, 6.45) is 3.78. The number of hydrogen-bond donors (Lipinski definition) is 0. The first-order valence-corrected chi connectivity index (χ1v) is 5.00. The summed E-state index contributed by atoms with van der Waals surface area (Å²) in [7, 11) is 2.63. The van der Waals surface area contributed by atoms with Gasteiger partial charge in [0.25, 0.3) is 0 Å². The van der Waals surface area contributed by atoms with Gasteiger partial charge in [0.05, 0.1) is 0 Å². The molecule has 2 heterocycles. The van der Waals surface area contributed by atoms with E-state index in [1.54, 1.807) is 0 Å². The largest absolute Gasteiger partial charge is 0.332 e. The average Bonchev–Trinajstić information content (AvgIpc) is 2.87. The summed E-state index contributed by atoms with van der Waals surface area (Å²) in [4.78, 5) is 36.8. The van der Waals surface area contributed by atoms with Gasteiger partial charge in [-0.15, -0.1) is 10.2 Å². The van der Waals surface area contributed by atoms with Gasteiger partial charge in [-0.3, -0.25) is 19.4 Å². The molecule has 1 aromatic heterocycles. The lowest BCUT2D eigenvalue weighted by Gasteiger charge is -2.30. The molecule has 0 saturated carbocycles. The minimum Gasteiger partial charge on any atom is -0.273 e. The number of barbiturate groups is 1. The van der Waals surface area contributed by atoms with Crippen molar-refractivity contribution in [3.05, 3.63) is 12.7 Å². The monoisotopic (exact) mass is 250 g/mol. The van der Waals surface area contributed by atoms with Crippen LogP contribution >= 0.6 is 0 Å². The SMILES string of the molecule is CN1C(=O)C(/C=N/n2cnnc2)C(=O)N(C)C1=O. The number of imide groups is 2. The van der Waals surface area contributed by atoms with Crippen molar-refractivity contribution in [1.82, 2.24) is 24.7 Å². The van der Waals surface area contributed by atoms with E-state index >= 15 is 0 Å². The topological polar surface area (TPSA) is 101 Å². The van der Waals surface area contributed by atoms with Gasteiger partial charge in [-0.25, -0.2) is 9.47 Å². The van der Waals surface area contributed by atoms with Gasteiger partial charge in [-0.05, 0) is 0 Å². The molecule has 0 unspecified atom stereocenters. The molecular formula is C9H10N6O3. The molecular weight excluding hydrogens is 240 g/mol. The van der Waals surface area contributed by atoms with Crippen LogP contribution in [0.1, 0.15) is 0 Å². The van der Waals surface area contributed by atoms with E-state index < -0.39 is 23.8 Å². The smallest absolute Gasteiger partial charge is 0.273 e. The molecule has 0 aliphatic carbocycles. The van der Waals surface area contributed by atoms with Gasteiger partial charge < -0.3 is 0 Å². The van der Waals surface area contributed by atoms with Crippen LogP contribution in [0.2, 0.25) is 0 Å². The van der Waals surface area contributed by atoms with E-state index in [1.165, 1.54) is 31.4 Å². The molecule has 1 fully saturated rings. The molecule has 0 spiro atoms. The highest BCUT2D eigenvalue weighted by atomic mass is 16.2. The molecule has 94 valence electrons. The Bertz CT molecular complexity index is 498. The molecule has 0 aromatic carbocycles. The van der Waals surface area contributed by atoms with Crippen LogP contribution in [0.4, 0.5) is 4.79 Å². The average molecular weight is 250 g/mol. The number of aromatic nitrogens is 3. The van der Waals surface area contributed by atoms with Crippen molar-refractivity contribution in [2.75, 3.05) is 14.1 Å². The summed E-state index contributed by atoms with van der Waals surface area (Å²) >= 11 is 0. The molecule has 1 aliphatic rings. The maximum atomic E-state index is 11.8. The minimum atomic E-state index is -1.11. The van der Waals surface area contributed by atoms with E-state index in [2.05, 4.69) is 15.3 Å². The third-order valence-corrected chi connectivity index (χ3v) is 2.52. The normalized spacial score (nSPS) is 18.2. The third-order valence-electron chi connectivity index (χ3n) is 2.52. The molecule has 18 heavy (non-hydrogen) atoms. The molecule has 2 rings (SSSR count). The fourth-order valence-electron chi connectivity index (χ4n) is 1.46. The summed E-state index contributed by atoms with van der Waals surface area (Å²) in [5, 5.41) is 10.9. The van der Waals surface area contributed by atoms with Gasteiger partial charge in [0.1, 0.15) is 12.7 Å². The Labute approximate surface area is 102 Å². The summed E-state index contributed by atoms with van der Waals surface area (Å²) in [5.74, 6) is -2.33. The Balaban J connectivity index is 2.24. The van der Waals surface area contributed by atoms with Gasteiger partial charge in [0, 0.05) is 20.3 Å². The van der Waals surface area contributed by atoms with Crippen molar-refractivity contribution in [1.29, 1.82) is 0 Å². The number of rotatable bonds is 2. The summed E-state index contributed by atoms with van der Waals surface area (Å²) in [6, 6.07) is -0.654. The maximum absolute atomic E-state index is 11.8. The molecule has 4 amide bonds. The van der Waals surface area contributed by atoms with Crippen LogP contribution in [0.5, 0.6) is 0 Å². The molecule has 1 aromatic rings. The van der Waals surface area contributed by atoms with Crippen LogP contribution < -0.4 is 0 Å². The van der Waals surface area contributed by atoms with Gasteiger partial charge in [-0.2, -0.15) is 5.10 Å². The number of hydrogen-bond acceptors (Lipinski definition) is 6. The van der Waals surface area contributed by atoms with E-state index in [4.69, 9.17) is 0 Å². The van der Waals surface area contributed by atoms with Gasteiger partial charge in [0.2, 0.25) is 11.8 Å². The van der Waals surface area contributed by atoms with E-state index in [-0.39, 0.29) is 0 Å². The maximum Gasteiger partial charge on any atom is 0.332 e. The first-order chi connectivity index (χ1) is 8.52. The first kappa shape index (κ1) is 11.9. The standard InChI is InChI=1S/C9H10N6O3/c1-13-7(16)6(8(17)14(2)9(13)18)3-12-15-4-10-11-5-15/h3-6H,1-2H3/b12-3+. The Hall–Kier alpha value is -2.58. The summed E-state index contributed by atoms with van der Waals surface area (Å²) in [5.41, 5.74) is 0. The van der Waals surface area contributed by atoms with Crippen LogP contribution in [0, 0.1) is 5.92 Å². The molecule has 1 saturated heterocycles. The highest BCUT2D eigenvalue weighted by Gasteiger charge is 2.41. The lowest BCUT2D eigenvalue weighted by atomic mass is 10.1. The van der Waals surface area contributed by atoms with Crippen LogP contribution in [0.15, 0.2) is 17.8 Å². The third kappa shape index (κ3) is 1.85. The van der Waals surface area contributed by atoms with E-state index in [9.17, 15) is 14.4 Å². The molecule has 0 atom stereocenters. The fourth-order valence-corrected chi connectivity index (χ4v) is 1.46. The summed E-state index contributed by atoms with van der Waals surface area (Å²) in [6.45, 7) is 0. The van der Waals surface area contributed by atoms with Gasteiger partial charge in [-0.1, -0.05) is 0 Å². The molecule has 0 N–H and O–H groups in total. The predicted molar refractivity (Wildman–Crippen MR) is 58.3 cm³/mol. The zero-order chi connectivity index (χ0) is 13.3. The lowest BCUT2D eigenvalue weighted by Crippen LogP contribution is -2.57. The van der Waals surface area contributed by atoms with E-state index in [0.717, 1.165) is 16.0 Å². The number of carbonyl (C=O) groups is 3. The number of nitrogens with zero attached hydrogens (tertiary/aromatic N) is 6. The Kier molecular flexibility index (Phi) is 2.88. The lowest BCUT2D eigenvalue weighted by molar-refractivity contribution is -0.144. The molecule has 0 radical (unpaired) electrons. The van der Waals surface area contributed by atoms with Crippen molar-refractivity contribution in [3.8, 4) is 0 Å². The van der Waals surface area contributed by atoms with Crippen molar-refractivity contribution < 1.29 is 14.4 Å². The molecule has 9 heteroatoms. The molecule has 0 bridgehead atoms. The van der Waals surface area contributed by atoms with Crippen LogP contribution in [-0.2, 0) is 9.59 Å². The second-order valence-corrected chi connectivity index (χ2v) is 3.66. The summed E-state index contributed by atoms with van der Waals surface area (Å²) < 4.78 is 1.25. The van der Waals surface area contributed by atoms with Crippen molar-refractivity contribution in [2.24, 2.45) is 11.0 Å². The number of amides is 4. The van der Waals surface area contributed by atoms with Crippen LogP contribution in [0.25, 0.3) is 0 Å². The molecule has 9 nitrogen and oxygen atoms in total. The second kappa shape index (κ2) is 4.35. The Morgan fingerprint density at radius 3 is 2.11 bits per heavy atom. The van der Waals surface area contributed by atoms with Crippen molar-refractivity contribution in [2.45, 2.75) is 0 Å². The number of carbonyl (C=O) groups excluding carboxylic acids is 3. The molecule has 1 aliphatic heterocycles. The fraction of sp³-hybridized carbons (Fsp3) is 0.333. The highest BCUT2D eigenvalue weighted by molar-refractivity contribution is 6.23. The van der Waals surface area contributed by atoms with Crippen molar-refractivity contribution in [3.63, 3.8) is 0 Å². The van der Waals surface area contributed by atoms with Crippen LogP contribution in [-0.4, -0.2) is 62.8 Å². The van der Waals surface area contributed by atoms with Gasteiger partial charge in [0.15, 0.2) is 5.92 Å². The minimum absolute atomic E-state index is 0.611. The zero-order valence-electron chi connectivity index (χ0n) is 9.72.